The van der Waals surface area contributed by atoms with Gasteiger partial charge in [0.2, 0.25) is 0 Å². The minimum absolute atomic E-state index is 0.739. The van der Waals surface area contributed by atoms with Crippen LogP contribution in [0.1, 0.15) is 27.6 Å². The van der Waals surface area contributed by atoms with E-state index in [0.717, 1.165) is 18.9 Å². The third-order valence-corrected chi connectivity index (χ3v) is 4.24. The van der Waals surface area contributed by atoms with Crippen molar-refractivity contribution < 1.29 is 0 Å². The van der Waals surface area contributed by atoms with Gasteiger partial charge in [-0.1, -0.05) is 0 Å². The second-order valence-corrected chi connectivity index (χ2v) is 5.50. The highest BCUT2D eigenvalue weighted by Crippen LogP contribution is 2.30. The van der Waals surface area contributed by atoms with Gasteiger partial charge in [-0.2, -0.15) is 0 Å². The lowest BCUT2D eigenvalue weighted by molar-refractivity contribution is 0.668. The van der Waals surface area contributed by atoms with Crippen molar-refractivity contribution in [3.05, 3.63) is 45.7 Å². The maximum absolute atomic E-state index is 4.19. The zero-order valence-corrected chi connectivity index (χ0v) is 10.5. The lowest BCUT2D eigenvalue weighted by Gasteiger charge is -2.01. The van der Waals surface area contributed by atoms with E-state index in [4.69, 9.17) is 0 Å². The molecule has 2 heterocycles. The zero-order valence-electron chi connectivity index (χ0n) is 9.65. The highest BCUT2D eigenvalue weighted by atomic mass is 32.1. The van der Waals surface area contributed by atoms with Gasteiger partial charge in [0.1, 0.15) is 5.82 Å². The molecule has 0 amide bonds. The summed E-state index contributed by atoms with van der Waals surface area (Å²) in [6.07, 6.45) is 7.45. The van der Waals surface area contributed by atoms with Crippen LogP contribution in [0.2, 0.25) is 0 Å². The van der Waals surface area contributed by atoms with Crippen molar-refractivity contribution in [3.63, 3.8) is 0 Å². The summed E-state index contributed by atoms with van der Waals surface area (Å²) < 4.78 is 0. The lowest BCUT2D eigenvalue weighted by atomic mass is 10.2. The number of fused-ring (bicyclic) bond motifs is 1. The van der Waals surface area contributed by atoms with Crippen molar-refractivity contribution in [2.75, 3.05) is 0 Å². The van der Waals surface area contributed by atoms with Crippen molar-refractivity contribution in [2.45, 2.75) is 32.4 Å². The van der Waals surface area contributed by atoms with Gasteiger partial charge in [0.15, 0.2) is 0 Å². The van der Waals surface area contributed by atoms with E-state index < -0.39 is 0 Å². The molecule has 0 radical (unpaired) electrons. The second-order valence-electron chi connectivity index (χ2n) is 4.28. The Morgan fingerprint density at radius 1 is 1.18 bits per heavy atom. The molecule has 1 N–H and O–H groups in total. The highest BCUT2D eigenvalue weighted by Gasteiger charge is 2.14. The molecule has 0 aliphatic heterocycles. The average Bonchev–Trinajstić information content (AvgIpc) is 2.91. The molecule has 4 heteroatoms. The van der Waals surface area contributed by atoms with Crippen LogP contribution in [0.5, 0.6) is 0 Å². The number of nitrogens with zero attached hydrogens (tertiary/aromatic N) is 2. The zero-order chi connectivity index (χ0) is 11.5. The fourth-order valence-electron chi connectivity index (χ4n) is 2.20. The molecule has 0 saturated carbocycles. The summed E-state index contributed by atoms with van der Waals surface area (Å²) >= 11 is 1.95. The van der Waals surface area contributed by atoms with E-state index in [1.165, 1.54) is 24.1 Å². The largest absolute Gasteiger partial charge is 0.305 e. The molecule has 88 valence electrons. The third kappa shape index (κ3) is 2.53. The molecule has 0 fully saturated rings. The number of nitrogens with one attached hydrogen (secondary N) is 1. The van der Waals surface area contributed by atoms with Crippen molar-refractivity contribution >= 4 is 11.3 Å². The first-order valence-corrected chi connectivity index (χ1v) is 6.80. The smallest absolute Gasteiger partial charge is 0.141 e. The molecule has 1 aliphatic carbocycles. The Bertz CT molecular complexity index is 471. The van der Waals surface area contributed by atoms with Crippen LogP contribution in [0.25, 0.3) is 0 Å². The molecular weight excluding hydrogens is 230 g/mol. The van der Waals surface area contributed by atoms with Gasteiger partial charge < -0.3 is 5.32 Å². The minimum atomic E-state index is 0.739. The Kier molecular flexibility index (Phi) is 3.16. The second kappa shape index (κ2) is 4.94. The number of aromatic nitrogens is 2. The first-order valence-electron chi connectivity index (χ1n) is 5.99. The number of hydrogen-bond acceptors (Lipinski definition) is 4. The van der Waals surface area contributed by atoms with Crippen molar-refractivity contribution in [1.29, 1.82) is 0 Å². The van der Waals surface area contributed by atoms with Gasteiger partial charge >= 0.3 is 0 Å². The molecule has 2 aromatic heterocycles. The lowest BCUT2D eigenvalue weighted by Crippen LogP contribution is -2.13. The molecule has 0 unspecified atom stereocenters. The normalized spacial score (nSPS) is 13.9. The monoisotopic (exact) mass is 245 g/mol. The van der Waals surface area contributed by atoms with Crippen LogP contribution in [0.15, 0.2) is 24.5 Å². The number of thiophene rings is 1. The van der Waals surface area contributed by atoms with Crippen molar-refractivity contribution in [3.8, 4) is 0 Å². The van der Waals surface area contributed by atoms with Crippen LogP contribution in [0.4, 0.5) is 0 Å². The summed E-state index contributed by atoms with van der Waals surface area (Å²) in [5.74, 6) is 0.858. The maximum atomic E-state index is 4.19. The average molecular weight is 245 g/mol. The van der Waals surface area contributed by atoms with Gasteiger partial charge in [-0.25, -0.2) is 9.97 Å². The van der Waals surface area contributed by atoms with E-state index in [0.29, 0.717) is 0 Å². The van der Waals surface area contributed by atoms with Gasteiger partial charge in [0.25, 0.3) is 0 Å². The predicted molar refractivity (Wildman–Crippen MR) is 68.9 cm³/mol. The third-order valence-electron chi connectivity index (χ3n) is 3.00. The summed E-state index contributed by atoms with van der Waals surface area (Å²) in [4.78, 5) is 11.4. The summed E-state index contributed by atoms with van der Waals surface area (Å²) in [5, 5.41) is 3.39. The van der Waals surface area contributed by atoms with Gasteiger partial charge in [0.05, 0.1) is 6.54 Å². The summed E-state index contributed by atoms with van der Waals surface area (Å²) in [7, 11) is 0. The Balaban J connectivity index is 1.54. The van der Waals surface area contributed by atoms with Crippen LogP contribution in [0.3, 0.4) is 0 Å². The molecular formula is C13H15N3S. The fraction of sp³-hybridized carbons (Fsp3) is 0.385. The van der Waals surface area contributed by atoms with E-state index in [9.17, 15) is 0 Å². The van der Waals surface area contributed by atoms with E-state index >= 15 is 0 Å². The first-order chi connectivity index (χ1) is 8.42. The maximum Gasteiger partial charge on any atom is 0.141 e. The Morgan fingerprint density at radius 2 is 2.06 bits per heavy atom. The van der Waals surface area contributed by atoms with Crippen LogP contribution in [-0.2, 0) is 25.9 Å². The van der Waals surface area contributed by atoms with E-state index in [-0.39, 0.29) is 0 Å². The van der Waals surface area contributed by atoms with Gasteiger partial charge in [-0.05, 0) is 37.0 Å². The Labute approximate surface area is 105 Å². The fourth-order valence-corrected chi connectivity index (χ4v) is 3.43. The molecule has 0 saturated heterocycles. The predicted octanol–water partition coefficient (Wildman–Crippen LogP) is 2.32. The number of aryl methyl sites for hydroxylation is 2. The summed E-state index contributed by atoms with van der Waals surface area (Å²) in [6.45, 7) is 1.67. The molecule has 3 rings (SSSR count). The van der Waals surface area contributed by atoms with Crippen LogP contribution >= 0.6 is 11.3 Å². The van der Waals surface area contributed by atoms with Gasteiger partial charge in [0, 0.05) is 28.7 Å². The SMILES string of the molecule is c1cnc(CNCc2cc3c(s2)CCC3)nc1. The molecule has 2 aromatic rings. The quantitative estimate of drug-likeness (QED) is 0.898. The molecule has 0 bridgehead atoms. The molecule has 0 atom stereocenters. The van der Waals surface area contributed by atoms with E-state index in [1.54, 1.807) is 22.8 Å². The van der Waals surface area contributed by atoms with Crippen molar-refractivity contribution in [1.82, 2.24) is 15.3 Å². The van der Waals surface area contributed by atoms with Crippen LogP contribution in [0, 0.1) is 0 Å². The molecule has 1 aliphatic rings. The van der Waals surface area contributed by atoms with Crippen LogP contribution in [-0.4, -0.2) is 9.97 Å². The molecule has 3 nitrogen and oxygen atoms in total. The highest BCUT2D eigenvalue weighted by molar-refractivity contribution is 7.12. The Hall–Kier alpha value is -1.26. The molecule has 0 aromatic carbocycles. The molecule has 0 spiro atoms. The summed E-state index contributed by atoms with van der Waals surface area (Å²) in [5.41, 5.74) is 1.57. The number of rotatable bonds is 4. The van der Waals surface area contributed by atoms with Gasteiger partial charge in [-0.3, -0.25) is 0 Å². The van der Waals surface area contributed by atoms with Crippen molar-refractivity contribution in [2.24, 2.45) is 0 Å². The minimum Gasteiger partial charge on any atom is -0.305 e. The van der Waals surface area contributed by atoms with Gasteiger partial charge in [-0.15, -0.1) is 11.3 Å². The van der Waals surface area contributed by atoms with E-state index in [1.807, 2.05) is 17.4 Å². The topological polar surface area (TPSA) is 37.8 Å². The first kappa shape index (κ1) is 10.9. The van der Waals surface area contributed by atoms with Crippen LogP contribution < -0.4 is 5.32 Å². The summed E-state index contributed by atoms with van der Waals surface area (Å²) in [6, 6.07) is 4.19. The molecule has 17 heavy (non-hydrogen) atoms. The van der Waals surface area contributed by atoms with E-state index in [2.05, 4.69) is 21.4 Å². The standard InChI is InChI=1S/C13H15N3S/c1-3-10-7-11(17-12(10)4-1)8-14-9-13-15-5-2-6-16-13/h2,5-7,14H,1,3-4,8-9H2. The Morgan fingerprint density at radius 3 is 2.88 bits per heavy atom. The number of hydrogen-bond donors (Lipinski definition) is 1.